The fourth-order valence-corrected chi connectivity index (χ4v) is 4.30. The summed E-state index contributed by atoms with van der Waals surface area (Å²) in [6.07, 6.45) is 2.60. The van der Waals surface area contributed by atoms with Crippen LogP contribution in [-0.2, 0) is 10.0 Å². The summed E-state index contributed by atoms with van der Waals surface area (Å²) in [5, 5.41) is 0. The summed E-state index contributed by atoms with van der Waals surface area (Å²) in [5.74, 6) is 0.395. The second-order valence-corrected chi connectivity index (χ2v) is 7.36. The van der Waals surface area contributed by atoms with Gasteiger partial charge in [0.05, 0.1) is 4.90 Å². The molecule has 3 N–H and O–H groups in total. The highest BCUT2D eigenvalue weighted by molar-refractivity contribution is 7.99. The lowest BCUT2D eigenvalue weighted by Crippen LogP contribution is -2.41. The number of nitrogens with two attached hydrogens (primary N) is 1. The molecule has 0 bridgehead atoms. The normalized spacial score (nSPS) is 13.7. The lowest BCUT2D eigenvalue weighted by molar-refractivity contribution is 0.464. The molecule has 1 aromatic carbocycles. The summed E-state index contributed by atoms with van der Waals surface area (Å²) >= 11 is 1.42. The molecule has 0 radical (unpaired) electrons. The zero-order chi connectivity index (χ0) is 14.5. The summed E-state index contributed by atoms with van der Waals surface area (Å²) in [7, 11) is -3.51. The van der Waals surface area contributed by atoms with E-state index >= 15 is 0 Å². The summed E-state index contributed by atoms with van der Waals surface area (Å²) in [6.45, 7) is 4.40. The molecule has 0 heterocycles. The molecule has 1 atom stereocenters. The van der Waals surface area contributed by atoms with Gasteiger partial charge in [0, 0.05) is 17.5 Å². The van der Waals surface area contributed by atoms with Crippen molar-refractivity contribution in [1.82, 2.24) is 4.72 Å². The maximum atomic E-state index is 12.4. The van der Waals surface area contributed by atoms with E-state index in [4.69, 9.17) is 5.73 Å². The van der Waals surface area contributed by atoms with Crippen molar-refractivity contribution in [3.63, 3.8) is 0 Å². The van der Waals surface area contributed by atoms with Gasteiger partial charge in [0.25, 0.3) is 0 Å². The van der Waals surface area contributed by atoms with E-state index in [1.54, 1.807) is 18.2 Å². The van der Waals surface area contributed by atoms with E-state index in [1.807, 2.05) is 26.2 Å². The van der Waals surface area contributed by atoms with Crippen molar-refractivity contribution in [2.75, 3.05) is 12.8 Å². The third kappa shape index (κ3) is 4.80. The first kappa shape index (κ1) is 16.5. The van der Waals surface area contributed by atoms with Crippen LogP contribution in [-0.4, -0.2) is 27.3 Å². The molecule has 0 amide bonds. The van der Waals surface area contributed by atoms with E-state index in [9.17, 15) is 8.42 Å². The van der Waals surface area contributed by atoms with Crippen LogP contribution in [0.4, 0.5) is 0 Å². The van der Waals surface area contributed by atoms with Crippen LogP contribution in [0.3, 0.4) is 0 Å². The molecule has 108 valence electrons. The maximum Gasteiger partial charge on any atom is 0.241 e. The number of nitrogens with one attached hydrogen (secondary N) is 1. The molecule has 1 aromatic rings. The van der Waals surface area contributed by atoms with Crippen LogP contribution in [0.15, 0.2) is 34.1 Å². The van der Waals surface area contributed by atoms with Gasteiger partial charge in [0.1, 0.15) is 0 Å². The molecule has 0 saturated heterocycles. The van der Waals surface area contributed by atoms with Gasteiger partial charge < -0.3 is 5.73 Å². The van der Waals surface area contributed by atoms with Crippen molar-refractivity contribution < 1.29 is 8.42 Å². The topological polar surface area (TPSA) is 72.2 Å². The van der Waals surface area contributed by atoms with E-state index in [1.165, 1.54) is 11.8 Å². The van der Waals surface area contributed by atoms with Crippen LogP contribution < -0.4 is 10.5 Å². The van der Waals surface area contributed by atoms with Crippen LogP contribution in [0.1, 0.15) is 20.3 Å². The standard InChI is InChI=1S/C13H22N2O2S2/c1-10(2)8-11(9-14)15-19(16,17)13-7-5-4-6-12(13)18-3/h4-7,10-11,15H,8-9,14H2,1-3H3. The Morgan fingerprint density at radius 1 is 1.32 bits per heavy atom. The molecule has 0 aromatic heterocycles. The van der Waals surface area contributed by atoms with Crippen LogP contribution in [0.5, 0.6) is 0 Å². The first-order valence-electron chi connectivity index (χ1n) is 6.26. The molecule has 1 rings (SSSR count). The van der Waals surface area contributed by atoms with Crippen molar-refractivity contribution in [3.8, 4) is 0 Å². The molecule has 0 spiro atoms. The lowest BCUT2D eigenvalue weighted by Gasteiger charge is -2.19. The van der Waals surface area contributed by atoms with Gasteiger partial charge in [-0.3, -0.25) is 0 Å². The van der Waals surface area contributed by atoms with Crippen molar-refractivity contribution >= 4 is 21.8 Å². The predicted molar refractivity (Wildman–Crippen MR) is 80.8 cm³/mol. The number of sulfonamides is 1. The summed E-state index contributed by atoms with van der Waals surface area (Å²) in [6, 6.07) is 6.77. The Balaban J connectivity index is 2.97. The van der Waals surface area contributed by atoms with Gasteiger partial charge in [-0.2, -0.15) is 0 Å². The molecule has 0 saturated carbocycles. The zero-order valence-electron chi connectivity index (χ0n) is 11.6. The third-order valence-corrected chi connectivity index (χ3v) is 5.22. The van der Waals surface area contributed by atoms with Gasteiger partial charge in [-0.1, -0.05) is 26.0 Å². The third-order valence-electron chi connectivity index (χ3n) is 2.72. The summed E-state index contributed by atoms with van der Waals surface area (Å²) < 4.78 is 27.5. The van der Waals surface area contributed by atoms with E-state index in [-0.39, 0.29) is 6.04 Å². The number of benzene rings is 1. The number of hydrogen-bond acceptors (Lipinski definition) is 4. The van der Waals surface area contributed by atoms with Crippen LogP contribution in [0, 0.1) is 5.92 Å². The minimum absolute atomic E-state index is 0.222. The highest BCUT2D eigenvalue weighted by Crippen LogP contribution is 2.24. The number of hydrogen-bond donors (Lipinski definition) is 2. The smallest absolute Gasteiger partial charge is 0.241 e. The Morgan fingerprint density at radius 3 is 2.47 bits per heavy atom. The van der Waals surface area contributed by atoms with Crippen molar-refractivity contribution in [2.24, 2.45) is 11.7 Å². The number of thioether (sulfide) groups is 1. The minimum Gasteiger partial charge on any atom is -0.329 e. The SMILES string of the molecule is CSc1ccccc1S(=O)(=O)NC(CN)CC(C)C. The average molecular weight is 302 g/mol. The Hall–Kier alpha value is -0.560. The first-order chi connectivity index (χ1) is 8.90. The van der Waals surface area contributed by atoms with Crippen LogP contribution in [0.25, 0.3) is 0 Å². The van der Waals surface area contributed by atoms with Gasteiger partial charge in [0.2, 0.25) is 10.0 Å². The van der Waals surface area contributed by atoms with Gasteiger partial charge in [-0.15, -0.1) is 11.8 Å². The Morgan fingerprint density at radius 2 is 1.95 bits per heavy atom. The fourth-order valence-electron chi connectivity index (χ4n) is 1.89. The molecule has 0 aliphatic heterocycles. The molecule has 4 nitrogen and oxygen atoms in total. The second-order valence-electron chi connectivity index (χ2n) is 4.83. The first-order valence-corrected chi connectivity index (χ1v) is 8.97. The van der Waals surface area contributed by atoms with E-state index in [0.717, 1.165) is 11.3 Å². The van der Waals surface area contributed by atoms with Gasteiger partial charge in [-0.05, 0) is 30.7 Å². The van der Waals surface area contributed by atoms with Crippen molar-refractivity contribution in [1.29, 1.82) is 0 Å². The summed E-state index contributed by atoms with van der Waals surface area (Å²) in [5.41, 5.74) is 5.64. The van der Waals surface area contributed by atoms with Crippen LogP contribution >= 0.6 is 11.8 Å². The fraction of sp³-hybridized carbons (Fsp3) is 0.538. The van der Waals surface area contributed by atoms with Gasteiger partial charge >= 0.3 is 0 Å². The highest BCUT2D eigenvalue weighted by Gasteiger charge is 2.22. The quantitative estimate of drug-likeness (QED) is 0.756. The monoisotopic (exact) mass is 302 g/mol. The lowest BCUT2D eigenvalue weighted by atomic mass is 10.1. The van der Waals surface area contributed by atoms with Crippen molar-refractivity contribution in [3.05, 3.63) is 24.3 Å². The van der Waals surface area contributed by atoms with Crippen LogP contribution in [0.2, 0.25) is 0 Å². The summed E-state index contributed by atoms with van der Waals surface area (Å²) in [4.78, 5) is 1.07. The largest absolute Gasteiger partial charge is 0.329 e. The van der Waals surface area contributed by atoms with Gasteiger partial charge in [0.15, 0.2) is 0 Å². The molecule has 0 aliphatic carbocycles. The van der Waals surface area contributed by atoms with Crippen molar-refractivity contribution in [2.45, 2.75) is 36.1 Å². The molecular weight excluding hydrogens is 280 g/mol. The molecule has 0 fully saturated rings. The molecule has 1 unspecified atom stereocenters. The molecular formula is C13H22N2O2S2. The van der Waals surface area contributed by atoms with Gasteiger partial charge in [-0.25, -0.2) is 13.1 Å². The molecule has 19 heavy (non-hydrogen) atoms. The Labute approximate surface area is 120 Å². The number of rotatable bonds is 7. The average Bonchev–Trinajstić information content (AvgIpc) is 2.37. The zero-order valence-corrected chi connectivity index (χ0v) is 13.2. The minimum atomic E-state index is -3.51. The Bertz CT molecular complexity index is 501. The second kappa shape index (κ2) is 7.28. The van der Waals surface area contributed by atoms with E-state index in [0.29, 0.717) is 17.4 Å². The molecule has 6 heteroatoms. The van der Waals surface area contributed by atoms with E-state index in [2.05, 4.69) is 4.72 Å². The maximum absolute atomic E-state index is 12.4. The van der Waals surface area contributed by atoms with E-state index < -0.39 is 10.0 Å². The highest BCUT2D eigenvalue weighted by atomic mass is 32.2. The Kier molecular flexibility index (Phi) is 6.32. The predicted octanol–water partition coefficient (Wildman–Crippen LogP) is 2.06. The molecule has 0 aliphatic rings.